The Morgan fingerprint density at radius 1 is 1.38 bits per heavy atom. The number of aryl methyl sites for hydroxylation is 1. The van der Waals surface area contributed by atoms with Crippen LogP contribution < -0.4 is 11.3 Å². The van der Waals surface area contributed by atoms with E-state index < -0.39 is 6.55 Å². The first-order valence-electron chi connectivity index (χ1n) is 10.1. The van der Waals surface area contributed by atoms with Crippen molar-refractivity contribution >= 4 is 17.9 Å². The van der Waals surface area contributed by atoms with Gasteiger partial charge in [0.05, 0.1) is 0 Å². The van der Waals surface area contributed by atoms with Crippen LogP contribution in [-0.2, 0) is 20.0 Å². The highest BCUT2D eigenvalue weighted by atomic mass is 19.3. The summed E-state index contributed by atoms with van der Waals surface area (Å²) in [4.78, 5) is 26.2. The molecule has 3 rings (SSSR count). The molecule has 1 aliphatic rings. The maximum atomic E-state index is 12.4. The summed E-state index contributed by atoms with van der Waals surface area (Å²) in [6.07, 6.45) is 6.47. The smallest absolute Gasteiger partial charge is 0.331 e. The number of aromatic nitrogens is 3. The van der Waals surface area contributed by atoms with Crippen molar-refractivity contribution in [2.75, 3.05) is 6.54 Å². The molecule has 0 saturated carbocycles. The second-order valence-electron chi connectivity index (χ2n) is 7.61. The lowest BCUT2D eigenvalue weighted by Gasteiger charge is -2.32. The zero-order valence-corrected chi connectivity index (χ0v) is 18.3. The van der Waals surface area contributed by atoms with Gasteiger partial charge in [-0.05, 0) is 37.1 Å². The lowest BCUT2D eigenvalue weighted by molar-refractivity contribution is 0.161. The quantitative estimate of drug-likeness (QED) is 0.424. The fourth-order valence-electron chi connectivity index (χ4n) is 3.50. The van der Waals surface area contributed by atoms with Gasteiger partial charge in [-0.25, -0.2) is 9.98 Å². The van der Waals surface area contributed by atoms with Gasteiger partial charge >= 0.3 is 6.55 Å². The molecule has 7 nitrogen and oxygen atoms in total. The van der Waals surface area contributed by atoms with Crippen LogP contribution in [0.25, 0.3) is 11.6 Å². The number of hydrogen-bond donors (Lipinski definition) is 1. The minimum absolute atomic E-state index is 0.119. The van der Waals surface area contributed by atoms with E-state index in [-0.39, 0.29) is 5.56 Å². The van der Waals surface area contributed by atoms with Crippen LogP contribution in [0.5, 0.6) is 0 Å². The average molecular weight is 440 g/mol. The molecule has 2 aromatic rings. The van der Waals surface area contributed by atoms with Crippen molar-refractivity contribution in [1.29, 1.82) is 0 Å². The maximum absolute atomic E-state index is 12.4. The minimum Gasteiger partial charge on any atom is -0.404 e. The molecular weight excluding hydrogens is 414 g/mol. The van der Waals surface area contributed by atoms with Gasteiger partial charge < -0.3 is 10.6 Å². The van der Waals surface area contributed by atoms with Gasteiger partial charge in [0.25, 0.3) is 5.56 Å². The third-order valence-corrected chi connectivity index (χ3v) is 5.36. The van der Waals surface area contributed by atoms with E-state index >= 15 is 0 Å². The third-order valence-electron chi connectivity index (χ3n) is 5.36. The molecule has 9 heteroatoms. The molecule has 0 unspecified atom stereocenters. The molecule has 2 aromatic heterocycles. The highest BCUT2D eigenvalue weighted by Gasteiger charge is 2.20. The molecule has 0 amide bonds. The van der Waals surface area contributed by atoms with Crippen LogP contribution >= 0.6 is 0 Å². The van der Waals surface area contributed by atoms with Crippen molar-refractivity contribution in [2.24, 2.45) is 17.8 Å². The Morgan fingerprint density at radius 2 is 2.12 bits per heavy atom. The predicted octanol–water partition coefficient (Wildman–Crippen LogP) is 3.05. The highest BCUT2D eigenvalue weighted by Crippen LogP contribution is 2.26. The van der Waals surface area contributed by atoms with Crippen LogP contribution in [0.3, 0.4) is 0 Å². The first kappa shape index (κ1) is 23.1. The van der Waals surface area contributed by atoms with Crippen LogP contribution in [0.4, 0.5) is 8.78 Å². The number of allylic oxidation sites excluding steroid dienone is 2. The number of nitrogens with zero attached hydrogens (tertiary/aromatic N) is 5. The van der Waals surface area contributed by atoms with Gasteiger partial charge in [0, 0.05) is 79.5 Å². The van der Waals surface area contributed by atoms with E-state index in [9.17, 15) is 13.6 Å². The zero-order valence-electron chi connectivity index (χ0n) is 18.3. The molecular formula is C23H26F2N6O. The average Bonchev–Trinajstić information content (AvgIpc) is 2.76. The molecule has 0 saturated heterocycles. The summed E-state index contributed by atoms with van der Waals surface area (Å²) < 4.78 is 26.4. The molecule has 3 heterocycles. The monoisotopic (exact) mass is 440 g/mol. The number of aliphatic imine (C=N–C) groups is 1. The molecule has 0 aromatic carbocycles. The Kier molecular flexibility index (Phi) is 6.97. The molecule has 168 valence electrons. The van der Waals surface area contributed by atoms with Crippen LogP contribution in [-0.4, -0.2) is 38.7 Å². The molecule has 2 N–H and O–H groups in total. The minimum atomic E-state index is -2.80. The Balaban J connectivity index is 1.84. The van der Waals surface area contributed by atoms with E-state index in [0.29, 0.717) is 29.2 Å². The second kappa shape index (κ2) is 9.67. The summed E-state index contributed by atoms with van der Waals surface area (Å²) in [5, 5.41) is 0. The van der Waals surface area contributed by atoms with Crippen molar-refractivity contribution in [3.8, 4) is 0 Å². The summed E-state index contributed by atoms with van der Waals surface area (Å²) >= 11 is 0. The van der Waals surface area contributed by atoms with Crippen LogP contribution in [0, 0.1) is 6.92 Å². The molecule has 0 bridgehead atoms. The van der Waals surface area contributed by atoms with E-state index in [1.54, 1.807) is 20.2 Å². The Labute approximate surface area is 185 Å². The molecule has 0 radical (unpaired) electrons. The highest BCUT2D eigenvalue weighted by molar-refractivity contribution is 6.09. The van der Waals surface area contributed by atoms with Crippen molar-refractivity contribution < 1.29 is 8.78 Å². The topological polar surface area (TPSA) is 89.4 Å². The zero-order chi connectivity index (χ0) is 23.4. The van der Waals surface area contributed by atoms with E-state index in [1.165, 1.54) is 16.8 Å². The summed E-state index contributed by atoms with van der Waals surface area (Å²) in [6, 6.07) is 3.38. The van der Waals surface area contributed by atoms with Gasteiger partial charge in [-0.2, -0.15) is 8.78 Å². The molecule has 32 heavy (non-hydrogen) atoms. The summed E-state index contributed by atoms with van der Waals surface area (Å²) in [6.45, 7) is 6.43. The first-order chi connectivity index (χ1) is 15.2. The lowest BCUT2D eigenvalue weighted by Crippen LogP contribution is -2.30. The van der Waals surface area contributed by atoms with Crippen LogP contribution in [0.1, 0.15) is 35.3 Å². The second-order valence-corrected chi connectivity index (χ2v) is 7.61. The van der Waals surface area contributed by atoms with Gasteiger partial charge in [-0.15, -0.1) is 0 Å². The number of fused-ring (bicyclic) bond motifs is 1. The number of pyridine rings is 1. The van der Waals surface area contributed by atoms with Gasteiger partial charge in [0.15, 0.2) is 0 Å². The van der Waals surface area contributed by atoms with Crippen LogP contribution in [0.2, 0.25) is 0 Å². The molecule has 0 spiro atoms. The van der Waals surface area contributed by atoms with E-state index in [1.807, 2.05) is 19.1 Å². The maximum Gasteiger partial charge on any atom is 0.331 e. The SMILES string of the molecule is C=C(/C(C)=C\c1nc(C)cc(=O)n1C)N1CCc2ncc(C(=C/N)/C=N/C(F)F)cc2C1. The summed E-state index contributed by atoms with van der Waals surface area (Å²) in [7, 11) is 1.68. The molecule has 1 aliphatic heterocycles. The van der Waals surface area contributed by atoms with Gasteiger partial charge in [0.1, 0.15) is 5.82 Å². The van der Waals surface area contributed by atoms with Gasteiger partial charge in [-0.3, -0.25) is 14.3 Å². The normalized spacial score (nSPS) is 14.9. The third kappa shape index (κ3) is 5.16. The Hall–Kier alpha value is -3.62. The fourth-order valence-corrected chi connectivity index (χ4v) is 3.50. The Bertz CT molecular complexity index is 1180. The molecule has 0 atom stereocenters. The predicted molar refractivity (Wildman–Crippen MR) is 122 cm³/mol. The largest absolute Gasteiger partial charge is 0.404 e. The molecule has 0 aliphatic carbocycles. The summed E-state index contributed by atoms with van der Waals surface area (Å²) in [5.41, 5.74) is 10.7. The van der Waals surface area contributed by atoms with Crippen molar-refractivity contribution in [1.82, 2.24) is 19.4 Å². The summed E-state index contributed by atoms with van der Waals surface area (Å²) in [5.74, 6) is 0.561. The number of halogens is 2. The van der Waals surface area contributed by atoms with E-state index in [0.717, 1.165) is 41.7 Å². The number of rotatable bonds is 6. The lowest BCUT2D eigenvalue weighted by atomic mass is 10.00. The number of nitrogens with two attached hydrogens (primary N) is 1. The van der Waals surface area contributed by atoms with Crippen molar-refractivity contribution in [2.45, 2.75) is 33.4 Å². The molecule has 0 fully saturated rings. The number of alkyl halides is 2. The van der Waals surface area contributed by atoms with E-state index in [2.05, 4.69) is 26.4 Å². The first-order valence-corrected chi connectivity index (χ1v) is 10.1. The Morgan fingerprint density at radius 3 is 2.81 bits per heavy atom. The number of hydrogen-bond acceptors (Lipinski definition) is 6. The van der Waals surface area contributed by atoms with Crippen LogP contribution in [0.15, 0.2) is 52.2 Å². The van der Waals surface area contributed by atoms with Crippen molar-refractivity contribution in [3.63, 3.8) is 0 Å². The van der Waals surface area contributed by atoms with Crippen molar-refractivity contribution in [3.05, 3.63) is 81.1 Å². The fraction of sp³-hybridized carbons (Fsp3) is 0.304. The van der Waals surface area contributed by atoms with Gasteiger partial charge in [-0.1, -0.05) is 6.58 Å². The van der Waals surface area contributed by atoms with E-state index in [4.69, 9.17) is 5.73 Å². The standard InChI is InChI=1S/C23H26F2N6O/c1-14(7-21-29-15(2)8-22(32)30(21)4)16(3)31-6-5-20-18(13-31)9-17(11-27-20)19(10-26)12-28-23(24)25/h7-12,23H,3,5-6,13,26H2,1-2,4H3/b14-7-,19-10+,28-12+. The van der Waals surface area contributed by atoms with Gasteiger partial charge in [0.2, 0.25) is 0 Å².